The first-order chi connectivity index (χ1) is 19.5. The number of aromatic nitrogens is 3. The van der Waals surface area contributed by atoms with Crippen molar-refractivity contribution in [3.8, 4) is 11.5 Å². The molecule has 1 saturated heterocycles. The number of benzene rings is 1. The number of likely N-dealkylation sites (tertiary alicyclic amines) is 1. The summed E-state index contributed by atoms with van der Waals surface area (Å²) in [6, 6.07) is 16.6. The number of carbonyl (C=O) groups excluding carboxylic acids is 2. The van der Waals surface area contributed by atoms with Crippen LogP contribution in [0.4, 0.5) is 10.9 Å². The van der Waals surface area contributed by atoms with Crippen LogP contribution in [0.3, 0.4) is 0 Å². The van der Waals surface area contributed by atoms with Crippen LogP contribution < -0.4 is 10.1 Å². The first-order valence-corrected chi connectivity index (χ1v) is 14.7. The van der Waals surface area contributed by atoms with Crippen molar-refractivity contribution in [2.24, 2.45) is 0 Å². The quantitative estimate of drug-likeness (QED) is 0.186. The van der Waals surface area contributed by atoms with E-state index in [0.29, 0.717) is 28.3 Å². The molecule has 42 heavy (non-hydrogen) atoms. The minimum absolute atomic E-state index is 0. The number of amides is 1. The Labute approximate surface area is 265 Å². The smallest absolute Gasteiger partial charge is 0.356 e. The van der Waals surface area contributed by atoms with Crippen molar-refractivity contribution in [2.45, 2.75) is 42.5 Å². The molecule has 0 spiro atoms. The van der Waals surface area contributed by atoms with Gasteiger partial charge in [-0.1, -0.05) is 36.0 Å². The molecule has 0 atom stereocenters. The fourth-order valence-corrected chi connectivity index (χ4v) is 5.90. The van der Waals surface area contributed by atoms with Crippen LogP contribution in [0.2, 0.25) is 0 Å². The lowest BCUT2D eigenvalue weighted by Crippen LogP contribution is -2.36. The zero-order valence-corrected chi connectivity index (χ0v) is 26.3. The van der Waals surface area contributed by atoms with Crippen molar-refractivity contribution in [3.63, 3.8) is 0 Å². The molecular weight excluding hydrogens is 617 g/mol. The lowest BCUT2D eigenvalue weighted by atomic mass is 9.94. The number of pyridine rings is 2. The minimum Gasteiger partial charge on any atom is -0.461 e. The summed E-state index contributed by atoms with van der Waals surface area (Å²) in [7, 11) is 0. The number of para-hydroxylation sites is 1. The van der Waals surface area contributed by atoms with E-state index in [1.807, 2.05) is 47.4 Å². The van der Waals surface area contributed by atoms with Gasteiger partial charge in [0.1, 0.15) is 16.5 Å². The minimum atomic E-state index is -0.456. The largest absolute Gasteiger partial charge is 0.461 e. The maximum atomic E-state index is 12.1. The summed E-state index contributed by atoms with van der Waals surface area (Å²) < 4.78 is 11.3. The highest BCUT2D eigenvalue weighted by molar-refractivity contribution is 7.99. The number of hydrogen-bond donors (Lipinski definition) is 1. The van der Waals surface area contributed by atoms with E-state index in [0.717, 1.165) is 41.7 Å². The van der Waals surface area contributed by atoms with E-state index >= 15 is 0 Å². The van der Waals surface area contributed by atoms with Crippen molar-refractivity contribution in [1.29, 1.82) is 0 Å². The first kappa shape index (κ1) is 33.1. The van der Waals surface area contributed by atoms with Gasteiger partial charge in [-0.05, 0) is 44.0 Å². The predicted octanol–water partition coefficient (Wildman–Crippen LogP) is 7.37. The Hall–Kier alpha value is -3.38. The number of esters is 1. The van der Waals surface area contributed by atoms with Crippen LogP contribution >= 0.6 is 47.9 Å². The fraction of sp³-hybridized carbons (Fsp3) is 0.276. The molecule has 5 rings (SSSR count). The van der Waals surface area contributed by atoms with Gasteiger partial charge < -0.3 is 19.7 Å². The van der Waals surface area contributed by atoms with E-state index < -0.39 is 5.97 Å². The van der Waals surface area contributed by atoms with Gasteiger partial charge >= 0.3 is 5.97 Å². The number of halogens is 2. The summed E-state index contributed by atoms with van der Waals surface area (Å²) in [5.74, 6) is 1.74. The number of piperidine rings is 1. The molecular formula is C29H31Cl2N5O4S2. The summed E-state index contributed by atoms with van der Waals surface area (Å²) in [6.45, 7) is 5.18. The van der Waals surface area contributed by atoms with E-state index in [9.17, 15) is 9.59 Å². The number of nitrogens with zero attached hydrogens (tertiary/aromatic N) is 4. The molecule has 4 aromatic rings. The third-order valence-corrected chi connectivity index (χ3v) is 8.01. The molecule has 0 unspecified atom stereocenters. The van der Waals surface area contributed by atoms with Crippen LogP contribution in [0.5, 0.6) is 11.5 Å². The Kier molecular flexibility index (Phi) is 12.4. The third kappa shape index (κ3) is 8.57. The number of rotatable bonds is 9. The van der Waals surface area contributed by atoms with Gasteiger partial charge in [-0.3, -0.25) is 4.79 Å². The second-order valence-electron chi connectivity index (χ2n) is 9.10. The lowest BCUT2D eigenvalue weighted by Gasteiger charge is -2.30. The molecule has 1 aliphatic heterocycles. The average Bonchev–Trinajstić information content (AvgIpc) is 3.44. The van der Waals surface area contributed by atoms with E-state index in [1.165, 1.54) is 23.1 Å². The SMILES string of the molecule is CCOC(=O)c1cccc(Sc2cnc(Nc3nc(C4CCN(C(C)=O)CC4)cs3)c(Oc3ccccc3)c2)n1.Cl.Cl. The van der Waals surface area contributed by atoms with Crippen LogP contribution in [0.15, 0.2) is 76.1 Å². The molecule has 1 aromatic carbocycles. The van der Waals surface area contributed by atoms with Crippen molar-refractivity contribution in [1.82, 2.24) is 19.9 Å². The maximum Gasteiger partial charge on any atom is 0.356 e. The highest BCUT2D eigenvalue weighted by atomic mass is 35.5. The Bertz CT molecular complexity index is 1480. The Morgan fingerprint density at radius 1 is 1.07 bits per heavy atom. The molecule has 4 heterocycles. The number of hydrogen-bond acceptors (Lipinski definition) is 10. The molecule has 1 amide bonds. The molecule has 1 aliphatic rings. The molecule has 3 aromatic heterocycles. The predicted molar refractivity (Wildman–Crippen MR) is 169 cm³/mol. The lowest BCUT2D eigenvalue weighted by molar-refractivity contribution is -0.129. The van der Waals surface area contributed by atoms with Crippen molar-refractivity contribution >= 4 is 70.7 Å². The van der Waals surface area contributed by atoms with Gasteiger partial charge in [0.15, 0.2) is 16.7 Å². The molecule has 0 saturated carbocycles. The molecule has 1 fully saturated rings. The van der Waals surface area contributed by atoms with Gasteiger partial charge in [0.05, 0.1) is 12.3 Å². The fourth-order valence-electron chi connectivity index (χ4n) is 4.30. The van der Waals surface area contributed by atoms with Gasteiger partial charge in [0, 0.05) is 48.5 Å². The number of anilines is 2. The van der Waals surface area contributed by atoms with Crippen LogP contribution in [-0.4, -0.2) is 51.4 Å². The molecule has 13 heteroatoms. The Morgan fingerprint density at radius 3 is 2.55 bits per heavy atom. The summed E-state index contributed by atoms with van der Waals surface area (Å²) >= 11 is 2.89. The maximum absolute atomic E-state index is 12.1. The van der Waals surface area contributed by atoms with Gasteiger partial charge in [-0.2, -0.15) is 0 Å². The van der Waals surface area contributed by atoms with E-state index in [1.54, 1.807) is 32.2 Å². The van der Waals surface area contributed by atoms with E-state index in [4.69, 9.17) is 14.5 Å². The molecule has 0 radical (unpaired) electrons. The van der Waals surface area contributed by atoms with Crippen molar-refractivity contribution in [3.05, 3.63) is 77.6 Å². The normalized spacial score (nSPS) is 13.0. The molecule has 222 valence electrons. The topological polar surface area (TPSA) is 107 Å². The zero-order valence-electron chi connectivity index (χ0n) is 23.0. The number of ether oxygens (including phenoxy) is 2. The van der Waals surface area contributed by atoms with E-state index in [2.05, 4.69) is 20.7 Å². The summed E-state index contributed by atoms with van der Waals surface area (Å²) in [5.41, 5.74) is 1.28. The Morgan fingerprint density at radius 2 is 1.83 bits per heavy atom. The van der Waals surface area contributed by atoms with Gasteiger partial charge in [-0.25, -0.2) is 19.7 Å². The second kappa shape index (κ2) is 15.7. The monoisotopic (exact) mass is 647 g/mol. The molecule has 0 bridgehead atoms. The highest BCUT2D eigenvalue weighted by Gasteiger charge is 2.24. The second-order valence-corrected chi connectivity index (χ2v) is 11.1. The van der Waals surface area contributed by atoms with Gasteiger partial charge in [-0.15, -0.1) is 36.2 Å². The van der Waals surface area contributed by atoms with Crippen LogP contribution in [0, 0.1) is 0 Å². The van der Waals surface area contributed by atoms with Crippen LogP contribution in [0.1, 0.15) is 48.8 Å². The van der Waals surface area contributed by atoms with Gasteiger partial charge in [0.2, 0.25) is 5.91 Å². The summed E-state index contributed by atoms with van der Waals surface area (Å²) in [4.78, 5) is 40.4. The highest BCUT2D eigenvalue weighted by Crippen LogP contribution is 2.37. The van der Waals surface area contributed by atoms with Crippen molar-refractivity contribution in [2.75, 3.05) is 25.0 Å². The summed E-state index contributed by atoms with van der Waals surface area (Å²) in [6.07, 6.45) is 3.54. The van der Waals surface area contributed by atoms with Gasteiger partial charge in [0.25, 0.3) is 0 Å². The molecule has 0 aliphatic carbocycles. The average molecular weight is 649 g/mol. The third-order valence-electron chi connectivity index (χ3n) is 6.34. The van der Waals surface area contributed by atoms with Crippen LogP contribution in [-0.2, 0) is 9.53 Å². The standard InChI is InChI=1S/C29H29N5O4S2.2ClH/c1-3-37-28(36)23-10-7-11-26(31-23)40-22-16-25(38-21-8-5-4-6-9-21)27(30-17-22)33-29-32-24(18-39-29)20-12-14-34(15-13-20)19(2)35;;/h4-11,16-18,20H,3,12-15H2,1-2H3,(H,30,32,33);2*1H. The molecule has 1 N–H and O–H groups in total. The number of carbonyl (C=O) groups is 2. The number of thiazole rings is 1. The van der Waals surface area contributed by atoms with Crippen molar-refractivity contribution < 1.29 is 19.1 Å². The zero-order chi connectivity index (χ0) is 27.9. The number of nitrogens with one attached hydrogen (secondary N) is 1. The Balaban J connectivity index is 0.00000242. The first-order valence-electron chi connectivity index (χ1n) is 13.0. The molecule has 9 nitrogen and oxygen atoms in total. The van der Waals surface area contributed by atoms with Crippen LogP contribution in [0.25, 0.3) is 0 Å². The summed E-state index contributed by atoms with van der Waals surface area (Å²) in [5, 5.41) is 6.76. The van der Waals surface area contributed by atoms with E-state index in [-0.39, 0.29) is 43.0 Å².